The van der Waals surface area contributed by atoms with E-state index in [1.807, 2.05) is 0 Å². The van der Waals surface area contributed by atoms with Crippen LogP contribution in [-0.4, -0.2) is 15.9 Å². The Morgan fingerprint density at radius 1 is 0.920 bits per heavy atom. The summed E-state index contributed by atoms with van der Waals surface area (Å²) in [6.07, 6.45) is 2.82. The molecule has 1 amide bonds. The number of carbonyl (C=O) groups is 1. The average molecular weight is 394 g/mol. The third-order valence-electron chi connectivity index (χ3n) is 3.17. The minimum Gasteiger partial charge on any atom is -0.323 e. The van der Waals surface area contributed by atoms with E-state index in [9.17, 15) is 4.79 Å². The van der Waals surface area contributed by atoms with Gasteiger partial charge in [-0.25, -0.2) is 9.97 Å². The molecule has 1 heterocycles. The molecule has 1 aromatic heterocycles. The van der Waals surface area contributed by atoms with Crippen molar-refractivity contribution < 1.29 is 4.79 Å². The predicted molar refractivity (Wildman–Crippen MR) is 101 cm³/mol. The van der Waals surface area contributed by atoms with Gasteiger partial charge in [0.25, 0.3) is 5.91 Å². The first-order valence-corrected chi connectivity index (χ1v) is 8.26. The van der Waals surface area contributed by atoms with Crippen molar-refractivity contribution in [1.29, 1.82) is 0 Å². The normalized spacial score (nSPS) is 10.4. The van der Waals surface area contributed by atoms with E-state index in [0.29, 0.717) is 38.0 Å². The monoisotopic (exact) mass is 392 g/mol. The summed E-state index contributed by atoms with van der Waals surface area (Å²) in [4.78, 5) is 20.4. The molecule has 2 N–H and O–H groups in total. The van der Waals surface area contributed by atoms with Crippen molar-refractivity contribution in [2.24, 2.45) is 0 Å². The Kier molecular flexibility index (Phi) is 5.38. The lowest BCUT2D eigenvalue weighted by molar-refractivity contribution is 0.102. The number of carbonyl (C=O) groups excluding carboxylic acids is 1. The van der Waals surface area contributed by atoms with E-state index in [4.69, 9.17) is 34.8 Å². The lowest BCUT2D eigenvalue weighted by Crippen LogP contribution is -2.13. The molecule has 3 aromatic rings. The molecule has 0 unspecified atom stereocenters. The van der Waals surface area contributed by atoms with E-state index >= 15 is 0 Å². The average Bonchev–Trinajstić information content (AvgIpc) is 2.59. The van der Waals surface area contributed by atoms with Gasteiger partial charge in [-0.15, -0.1) is 0 Å². The van der Waals surface area contributed by atoms with Crippen LogP contribution >= 0.6 is 34.8 Å². The first kappa shape index (κ1) is 17.5. The number of benzene rings is 2. The summed E-state index contributed by atoms with van der Waals surface area (Å²) in [6.45, 7) is 0. The molecule has 0 aliphatic rings. The van der Waals surface area contributed by atoms with Crippen molar-refractivity contribution in [2.45, 2.75) is 0 Å². The van der Waals surface area contributed by atoms with Crippen molar-refractivity contribution in [3.8, 4) is 0 Å². The van der Waals surface area contributed by atoms with Crippen LogP contribution in [0.4, 0.5) is 17.3 Å². The molecule has 5 nitrogen and oxygen atoms in total. The molecule has 0 aliphatic heterocycles. The van der Waals surface area contributed by atoms with Crippen LogP contribution in [0.3, 0.4) is 0 Å². The second-order valence-electron chi connectivity index (χ2n) is 5.01. The second-order valence-corrected chi connectivity index (χ2v) is 6.29. The molecule has 0 aliphatic carbocycles. The lowest BCUT2D eigenvalue weighted by atomic mass is 10.3. The molecule has 0 bridgehead atoms. The van der Waals surface area contributed by atoms with E-state index in [0.717, 1.165) is 0 Å². The third kappa shape index (κ3) is 4.60. The summed E-state index contributed by atoms with van der Waals surface area (Å²) in [5, 5.41) is 7.22. The maximum atomic E-state index is 12.2. The molecular formula is C17H11Cl3N4O. The van der Waals surface area contributed by atoms with Gasteiger partial charge < -0.3 is 10.6 Å². The van der Waals surface area contributed by atoms with Crippen LogP contribution in [0.2, 0.25) is 15.1 Å². The van der Waals surface area contributed by atoms with Crippen molar-refractivity contribution in [3.05, 3.63) is 75.5 Å². The highest BCUT2D eigenvalue weighted by atomic mass is 35.5. The van der Waals surface area contributed by atoms with Crippen LogP contribution in [0, 0.1) is 0 Å². The summed E-state index contributed by atoms with van der Waals surface area (Å²) < 4.78 is 0. The Balaban J connectivity index is 1.71. The minimum absolute atomic E-state index is 0.295. The summed E-state index contributed by atoms with van der Waals surface area (Å²) in [5.41, 5.74) is 1.47. The Labute approximate surface area is 159 Å². The first-order chi connectivity index (χ1) is 12.0. The van der Waals surface area contributed by atoms with E-state index in [-0.39, 0.29) is 5.91 Å². The molecule has 0 atom stereocenters. The van der Waals surface area contributed by atoms with E-state index in [1.54, 1.807) is 42.5 Å². The van der Waals surface area contributed by atoms with Gasteiger partial charge in [0.15, 0.2) is 0 Å². The molecule has 0 radical (unpaired) electrons. The van der Waals surface area contributed by atoms with E-state index in [1.165, 1.54) is 12.4 Å². The van der Waals surface area contributed by atoms with Gasteiger partial charge >= 0.3 is 0 Å². The molecule has 0 saturated heterocycles. The fourth-order valence-electron chi connectivity index (χ4n) is 1.99. The number of hydrogen-bond acceptors (Lipinski definition) is 4. The van der Waals surface area contributed by atoms with Gasteiger partial charge in [-0.05, 0) is 36.4 Å². The van der Waals surface area contributed by atoms with Gasteiger partial charge in [-0.1, -0.05) is 40.9 Å². The highest BCUT2D eigenvalue weighted by Crippen LogP contribution is 2.27. The molecule has 0 fully saturated rings. The highest BCUT2D eigenvalue weighted by molar-refractivity contribution is 6.35. The van der Waals surface area contributed by atoms with Crippen LogP contribution in [0.25, 0.3) is 0 Å². The van der Waals surface area contributed by atoms with Crippen LogP contribution in [0.1, 0.15) is 10.4 Å². The quantitative estimate of drug-likeness (QED) is 0.620. The number of aromatic nitrogens is 2. The minimum atomic E-state index is -0.338. The summed E-state index contributed by atoms with van der Waals surface area (Å²) in [7, 11) is 0. The Morgan fingerprint density at radius 2 is 1.64 bits per heavy atom. The number of halogens is 3. The number of nitrogens with zero attached hydrogens (tertiary/aromatic N) is 2. The first-order valence-electron chi connectivity index (χ1n) is 7.12. The second kappa shape index (κ2) is 7.70. The molecule has 2 aromatic carbocycles. The topological polar surface area (TPSA) is 66.9 Å². The van der Waals surface area contributed by atoms with E-state index < -0.39 is 0 Å². The SMILES string of the molecule is O=C(Nc1cccc(Cl)c1)c1cnc(Nc2cc(Cl)ccc2Cl)nc1. The Morgan fingerprint density at radius 3 is 2.36 bits per heavy atom. The van der Waals surface area contributed by atoms with Gasteiger partial charge in [0.2, 0.25) is 5.95 Å². The molecule has 25 heavy (non-hydrogen) atoms. The predicted octanol–water partition coefficient (Wildman–Crippen LogP) is 5.43. The largest absolute Gasteiger partial charge is 0.323 e. The number of hydrogen-bond donors (Lipinski definition) is 2. The fraction of sp³-hybridized carbons (Fsp3) is 0. The van der Waals surface area contributed by atoms with Gasteiger partial charge in [-0.3, -0.25) is 4.79 Å². The van der Waals surface area contributed by atoms with Crippen LogP contribution < -0.4 is 10.6 Å². The zero-order valence-electron chi connectivity index (χ0n) is 12.6. The van der Waals surface area contributed by atoms with Crippen molar-refractivity contribution in [3.63, 3.8) is 0 Å². The van der Waals surface area contributed by atoms with Gasteiger partial charge in [0.05, 0.1) is 16.3 Å². The number of amides is 1. The molecule has 8 heteroatoms. The molecular weight excluding hydrogens is 383 g/mol. The van der Waals surface area contributed by atoms with Gasteiger partial charge in [0, 0.05) is 28.1 Å². The standard InChI is InChI=1S/C17H11Cl3N4O/c18-11-2-1-3-13(6-11)23-16(25)10-8-21-17(22-9-10)24-15-7-12(19)4-5-14(15)20/h1-9H,(H,23,25)(H,21,22,24). The zero-order valence-corrected chi connectivity index (χ0v) is 14.9. The molecule has 3 rings (SSSR count). The summed E-state index contributed by atoms with van der Waals surface area (Å²) in [5.74, 6) is -0.0434. The number of rotatable bonds is 4. The Hall–Kier alpha value is -2.34. The van der Waals surface area contributed by atoms with Crippen molar-refractivity contribution >= 4 is 58.0 Å². The van der Waals surface area contributed by atoms with Crippen molar-refractivity contribution in [1.82, 2.24) is 9.97 Å². The van der Waals surface area contributed by atoms with Crippen LogP contribution in [0.5, 0.6) is 0 Å². The fourth-order valence-corrected chi connectivity index (χ4v) is 2.52. The molecule has 0 saturated carbocycles. The summed E-state index contributed by atoms with van der Waals surface area (Å²) in [6, 6.07) is 11.9. The van der Waals surface area contributed by atoms with Gasteiger partial charge in [-0.2, -0.15) is 0 Å². The number of nitrogens with one attached hydrogen (secondary N) is 2. The molecule has 126 valence electrons. The van der Waals surface area contributed by atoms with Crippen LogP contribution in [-0.2, 0) is 0 Å². The maximum Gasteiger partial charge on any atom is 0.258 e. The third-order valence-corrected chi connectivity index (χ3v) is 3.97. The molecule has 0 spiro atoms. The Bertz CT molecular complexity index is 916. The van der Waals surface area contributed by atoms with Crippen LogP contribution in [0.15, 0.2) is 54.9 Å². The zero-order chi connectivity index (χ0) is 17.8. The lowest BCUT2D eigenvalue weighted by Gasteiger charge is -2.08. The summed E-state index contributed by atoms with van der Waals surface area (Å²) >= 11 is 17.9. The maximum absolute atomic E-state index is 12.2. The highest BCUT2D eigenvalue weighted by Gasteiger charge is 2.09. The van der Waals surface area contributed by atoms with Gasteiger partial charge in [0.1, 0.15) is 0 Å². The van der Waals surface area contributed by atoms with E-state index in [2.05, 4.69) is 20.6 Å². The number of anilines is 3. The smallest absolute Gasteiger partial charge is 0.258 e. The van der Waals surface area contributed by atoms with Crippen molar-refractivity contribution in [2.75, 3.05) is 10.6 Å².